The van der Waals surface area contributed by atoms with Gasteiger partial charge in [-0.1, -0.05) is 12.1 Å². The Balaban J connectivity index is 1.77. The molecule has 0 saturated carbocycles. The molecule has 140 valence electrons. The van der Waals surface area contributed by atoms with Crippen LogP contribution in [0, 0.1) is 0 Å². The predicted octanol–water partition coefficient (Wildman–Crippen LogP) is 2.22. The van der Waals surface area contributed by atoms with Crippen LogP contribution in [0.15, 0.2) is 47.5 Å². The fraction of sp³-hybridized carbons (Fsp3) is 0.333. The summed E-state index contributed by atoms with van der Waals surface area (Å²) in [5.41, 5.74) is 0. The van der Waals surface area contributed by atoms with E-state index in [-0.39, 0.29) is 19.0 Å². The summed E-state index contributed by atoms with van der Waals surface area (Å²) < 4.78 is 73.5. The molecule has 0 N–H and O–H groups in total. The molecule has 0 radical (unpaired) electrons. The van der Waals surface area contributed by atoms with Crippen molar-refractivity contribution in [3.8, 4) is 11.6 Å². The second kappa shape index (κ2) is 7.08. The van der Waals surface area contributed by atoms with E-state index in [0.29, 0.717) is 6.42 Å². The molecule has 1 aromatic heterocycles. The molecule has 1 aliphatic rings. The minimum atomic E-state index is -4.99. The standard InChI is InChI=1S/C15H14F3N3O4S/c16-15(17,18)25-12-4-1-2-5-13(12)26(22,23)21-9-7-11(10-21)24-14-6-3-8-19-20-14/h1-6,8,11H,7,9-10H2. The third-order valence-corrected chi connectivity index (χ3v) is 5.54. The van der Waals surface area contributed by atoms with E-state index in [9.17, 15) is 21.6 Å². The molecule has 0 amide bonds. The summed E-state index contributed by atoms with van der Waals surface area (Å²) in [7, 11) is -4.17. The van der Waals surface area contributed by atoms with Crippen molar-refractivity contribution in [3.63, 3.8) is 0 Å². The maximum absolute atomic E-state index is 12.7. The molecule has 11 heteroatoms. The number of benzene rings is 1. The highest BCUT2D eigenvalue weighted by Gasteiger charge is 2.38. The molecule has 1 unspecified atom stereocenters. The maximum Gasteiger partial charge on any atom is 0.573 e. The van der Waals surface area contributed by atoms with Gasteiger partial charge in [-0.25, -0.2) is 8.42 Å². The van der Waals surface area contributed by atoms with E-state index in [1.165, 1.54) is 18.3 Å². The van der Waals surface area contributed by atoms with Crippen LogP contribution in [-0.4, -0.2) is 48.5 Å². The molecule has 26 heavy (non-hydrogen) atoms. The lowest BCUT2D eigenvalue weighted by atomic mass is 10.3. The summed E-state index contributed by atoms with van der Waals surface area (Å²) in [6.07, 6.45) is -3.63. The molecule has 1 fully saturated rings. The van der Waals surface area contributed by atoms with Gasteiger partial charge in [-0.3, -0.25) is 0 Å². The van der Waals surface area contributed by atoms with Crippen molar-refractivity contribution >= 4 is 10.0 Å². The molecule has 2 heterocycles. The average Bonchev–Trinajstić information content (AvgIpc) is 3.04. The summed E-state index contributed by atoms with van der Waals surface area (Å²) in [5, 5.41) is 7.41. The topological polar surface area (TPSA) is 81.6 Å². The Bertz CT molecular complexity index is 862. The lowest BCUT2D eigenvalue weighted by molar-refractivity contribution is -0.275. The van der Waals surface area contributed by atoms with Crippen LogP contribution in [0.25, 0.3) is 0 Å². The van der Waals surface area contributed by atoms with Crippen LogP contribution in [0.2, 0.25) is 0 Å². The maximum atomic E-state index is 12.7. The third-order valence-electron chi connectivity index (χ3n) is 3.64. The van der Waals surface area contributed by atoms with Gasteiger partial charge in [-0.2, -0.15) is 9.40 Å². The van der Waals surface area contributed by atoms with Crippen molar-refractivity contribution < 1.29 is 31.1 Å². The summed E-state index contributed by atoms with van der Waals surface area (Å²) in [6, 6.07) is 7.84. The SMILES string of the molecule is O=S(=O)(c1ccccc1OC(F)(F)F)N1CCC(Oc2cccnn2)C1. The van der Waals surface area contributed by atoms with Crippen LogP contribution in [0.5, 0.6) is 11.6 Å². The number of para-hydroxylation sites is 1. The Morgan fingerprint density at radius 3 is 2.62 bits per heavy atom. The number of rotatable bonds is 5. The highest BCUT2D eigenvalue weighted by molar-refractivity contribution is 7.89. The van der Waals surface area contributed by atoms with E-state index in [4.69, 9.17) is 4.74 Å². The summed E-state index contributed by atoms with van der Waals surface area (Å²) in [6.45, 7) is 0.0902. The molecule has 1 saturated heterocycles. The lowest BCUT2D eigenvalue weighted by Crippen LogP contribution is -2.32. The van der Waals surface area contributed by atoms with Gasteiger partial charge in [0.25, 0.3) is 0 Å². The van der Waals surface area contributed by atoms with Crippen LogP contribution in [0.4, 0.5) is 13.2 Å². The van der Waals surface area contributed by atoms with E-state index in [1.807, 2.05) is 0 Å². The predicted molar refractivity (Wildman–Crippen MR) is 82.9 cm³/mol. The molecule has 1 aromatic carbocycles. The highest BCUT2D eigenvalue weighted by Crippen LogP contribution is 2.32. The van der Waals surface area contributed by atoms with Crippen molar-refractivity contribution in [1.82, 2.24) is 14.5 Å². The van der Waals surface area contributed by atoms with Gasteiger partial charge in [-0.05, 0) is 24.6 Å². The Morgan fingerprint density at radius 1 is 1.15 bits per heavy atom. The van der Waals surface area contributed by atoms with Crippen LogP contribution < -0.4 is 9.47 Å². The quantitative estimate of drug-likeness (QED) is 0.780. The first-order valence-corrected chi connectivity index (χ1v) is 8.99. The largest absolute Gasteiger partial charge is 0.573 e. The Morgan fingerprint density at radius 2 is 1.92 bits per heavy atom. The molecular formula is C15H14F3N3O4S. The number of hydrogen-bond donors (Lipinski definition) is 0. The number of alkyl halides is 3. The molecule has 2 aromatic rings. The van der Waals surface area contributed by atoms with Crippen LogP contribution in [0.3, 0.4) is 0 Å². The molecule has 1 atom stereocenters. The third kappa shape index (κ3) is 4.22. The average molecular weight is 389 g/mol. The van der Waals surface area contributed by atoms with Crippen molar-refractivity contribution in [1.29, 1.82) is 0 Å². The van der Waals surface area contributed by atoms with Gasteiger partial charge >= 0.3 is 6.36 Å². The van der Waals surface area contributed by atoms with Gasteiger partial charge in [0.1, 0.15) is 16.7 Å². The second-order valence-electron chi connectivity index (χ2n) is 5.45. The number of nitrogens with zero attached hydrogens (tertiary/aromatic N) is 3. The number of hydrogen-bond acceptors (Lipinski definition) is 6. The molecule has 1 aliphatic heterocycles. The molecule has 0 aliphatic carbocycles. The first kappa shape index (κ1) is 18.4. The first-order chi connectivity index (χ1) is 12.3. The summed E-state index contributed by atoms with van der Waals surface area (Å²) >= 11 is 0. The zero-order valence-corrected chi connectivity index (χ0v) is 14.1. The fourth-order valence-corrected chi connectivity index (χ4v) is 4.15. The van der Waals surface area contributed by atoms with Gasteiger partial charge in [-0.15, -0.1) is 18.3 Å². The fourth-order valence-electron chi connectivity index (χ4n) is 2.54. The number of sulfonamides is 1. The van der Waals surface area contributed by atoms with Crippen LogP contribution in [0.1, 0.15) is 6.42 Å². The Kier molecular flexibility index (Phi) is 5.01. The van der Waals surface area contributed by atoms with E-state index < -0.39 is 33.1 Å². The van der Waals surface area contributed by atoms with Crippen molar-refractivity contribution in [3.05, 3.63) is 42.6 Å². The molecule has 0 bridgehead atoms. The Hall–Kier alpha value is -2.40. The van der Waals surface area contributed by atoms with E-state index in [2.05, 4.69) is 14.9 Å². The molecule has 7 nitrogen and oxygen atoms in total. The van der Waals surface area contributed by atoms with E-state index in [1.54, 1.807) is 12.1 Å². The first-order valence-electron chi connectivity index (χ1n) is 7.55. The van der Waals surface area contributed by atoms with Gasteiger partial charge in [0.2, 0.25) is 15.9 Å². The molecule has 0 spiro atoms. The van der Waals surface area contributed by atoms with Crippen molar-refractivity contribution in [2.24, 2.45) is 0 Å². The van der Waals surface area contributed by atoms with Gasteiger partial charge in [0.15, 0.2) is 0 Å². The van der Waals surface area contributed by atoms with Gasteiger partial charge in [0, 0.05) is 18.8 Å². The highest BCUT2D eigenvalue weighted by atomic mass is 32.2. The zero-order valence-electron chi connectivity index (χ0n) is 13.3. The van der Waals surface area contributed by atoms with Crippen LogP contribution >= 0.6 is 0 Å². The zero-order chi connectivity index (χ0) is 18.8. The summed E-state index contributed by atoms with van der Waals surface area (Å²) in [4.78, 5) is -0.544. The summed E-state index contributed by atoms with van der Waals surface area (Å²) in [5.74, 6) is -0.518. The van der Waals surface area contributed by atoms with E-state index >= 15 is 0 Å². The number of ether oxygens (including phenoxy) is 2. The van der Waals surface area contributed by atoms with Crippen LogP contribution in [-0.2, 0) is 10.0 Å². The normalized spacial score (nSPS) is 18.7. The van der Waals surface area contributed by atoms with Gasteiger partial charge in [0.05, 0.1) is 6.54 Å². The molecular weight excluding hydrogens is 375 g/mol. The van der Waals surface area contributed by atoms with Gasteiger partial charge < -0.3 is 9.47 Å². The number of aromatic nitrogens is 2. The lowest BCUT2D eigenvalue weighted by Gasteiger charge is -2.19. The smallest absolute Gasteiger partial charge is 0.472 e. The monoisotopic (exact) mass is 389 g/mol. The van der Waals surface area contributed by atoms with E-state index in [0.717, 1.165) is 16.4 Å². The second-order valence-corrected chi connectivity index (χ2v) is 7.35. The minimum absolute atomic E-state index is 0.0146. The van der Waals surface area contributed by atoms with Crippen molar-refractivity contribution in [2.45, 2.75) is 23.8 Å². The van der Waals surface area contributed by atoms with Crippen molar-refractivity contribution in [2.75, 3.05) is 13.1 Å². The number of halogens is 3. The minimum Gasteiger partial charge on any atom is -0.472 e. The molecule has 3 rings (SSSR count). The Labute approximate surface area is 147 Å².